The van der Waals surface area contributed by atoms with Gasteiger partial charge in [0.25, 0.3) is 0 Å². The number of piperidine rings is 1. The predicted octanol–water partition coefficient (Wildman–Crippen LogP) is 2.42. The first-order chi connectivity index (χ1) is 14.4. The van der Waals surface area contributed by atoms with E-state index in [-0.39, 0.29) is 24.1 Å². The number of amides is 1. The molecular formula is C22H32N2O5S. The summed E-state index contributed by atoms with van der Waals surface area (Å²) in [5, 5.41) is 0. The Hall–Kier alpha value is -1.64. The van der Waals surface area contributed by atoms with Gasteiger partial charge in [-0.1, -0.05) is 12.1 Å². The highest BCUT2D eigenvalue weighted by Crippen LogP contribution is 2.37. The fourth-order valence-corrected chi connectivity index (χ4v) is 5.85. The lowest BCUT2D eigenvalue weighted by Gasteiger charge is -2.41. The van der Waals surface area contributed by atoms with Gasteiger partial charge in [-0.3, -0.25) is 4.79 Å². The molecule has 0 radical (unpaired) electrons. The first-order valence-electron chi connectivity index (χ1n) is 11.0. The van der Waals surface area contributed by atoms with Gasteiger partial charge in [0.2, 0.25) is 15.9 Å². The first-order valence-corrected chi connectivity index (χ1v) is 12.9. The summed E-state index contributed by atoms with van der Waals surface area (Å²) in [5.74, 6) is 1.34. The van der Waals surface area contributed by atoms with Crippen LogP contribution in [0.4, 0.5) is 0 Å². The fourth-order valence-electron chi connectivity index (χ4n) is 5.03. The van der Waals surface area contributed by atoms with Crippen molar-refractivity contribution in [3.05, 3.63) is 29.8 Å². The molecule has 30 heavy (non-hydrogen) atoms. The van der Waals surface area contributed by atoms with E-state index in [1.165, 1.54) is 11.8 Å². The van der Waals surface area contributed by atoms with Gasteiger partial charge in [0.05, 0.1) is 31.6 Å². The van der Waals surface area contributed by atoms with Crippen LogP contribution in [-0.4, -0.2) is 63.4 Å². The summed E-state index contributed by atoms with van der Waals surface area (Å²) in [6.45, 7) is 1.50. The van der Waals surface area contributed by atoms with Crippen LogP contribution in [0.15, 0.2) is 24.3 Å². The van der Waals surface area contributed by atoms with E-state index in [1.807, 2.05) is 17.0 Å². The molecule has 1 saturated carbocycles. The summed E-state index contributed by atoms with van der Waals surface area (Å²) in [6.07, 6.45) is 6.78. The molecule has 1 aromatic rings. The molecule has 0 spiro atoms. The smallest absolute Gasteiger partial charge is 0.223 e. The maximum atomic E-state index is 13.0. The van der Waals surface area contributed by atoms with Crippen LogP contribution in [0.25, 0.3) is 0 Å². The molecule has 1 saturated heterocycles. The van der Waals surface area contributed by atoms with E-state index in [0.29, 0.717) is 44.9 Å². The Kier molecular flexibility index (Phi) is 6.65. The van der Waals surface area contributed by atoms with Gasteiger partial charge < -0.3 is 14.4 Å². The lowest BCUT2D eigenvalue weighted by molar-refractivity contribution is -0.138. The molecule has 1 amide bonds. The molecule has 7 nitrogen and oxygen atoms in total. The van der Waals surface area contributed by atoms with Gasteiger partial charge in [-0.15, -0.1) is 0 Å². The molecule has 166 valence electrons. The van der Waals surface area contributed by atoms with Crippen molar-refractivity contribution in [2.45, 2.75) is 69.1 Å². The summed E-state index contributed by atoms with van der Waals surface area (Å²) in [6, 6.07) is 7.68. The second kappa shape index (κ2) is 9.24. The van der Waals surface area contributed by atoms with Gasteiger partial charge in [0.15, 0.2) is 0 Å². The van der Waals surface area contributed by atoms with E-state index in [2.05, 4.69) is 16.9 Å². The number of hydrogen-bond donors (Lipinski definition) is 1. The Morgan fingerprint density at radius 2 is 2.03 bits per heavy atom. The number of benzene rings is 1. The van der Waals surface area contributed by atoms with Crippen molar-refractivity contribution in [3.63, 3.8) is 0 Å². The number of sulfonamides is 1. The molecule has 4 rings (SSSR count). The second-order valence-corrected chi connectivity index (χ2v) is 10.6. The highest BCUT2D eigenvalue weighted by Gasteiger charge is 2.37. The standard InChI is InChI=1S/C22H32N2O5S/c1-30(26,27)23-20-7-3-11-24-21(20)15-29-19-10-9-17(14-19)16-5-2-6-18(13-16)28-12-4-8-22(24)25/h2,5-6,13,17,19-21,23H,3-4,7-12,14-15H2,1H3/t17-,19?,20-,21-/m0/s1. The zero-order chi connectivity index (χ0) is 21.1. The zero-order valence-electron chi connectivity index (χ0n) is 17.6. The summed E-state index contributed by atoms with van der Waals surface area (Å²) in [5.41, 5.74) is 1.28. The number of carbonyl (C=O) groups excluding carboxylic acids is 1. The summed E-state index contributed by atoms with van der Waals surface area (Å²) in [7, 11) is -3.36. The third-order valence-corrected chi connectivity index (χ3v) is 7.22. The van der Waals surface area contributed by atoms with Crippen molar-refractivity contribution >= 4 is 15.9 Å². The molecular weight excluding hydrogens is 404 g/mol. The van der Waals surface area contributed by atoms with E-state index in [0.717, 1.165) is 31.4 Å². The number of rotatable bonds is 2. The molecule has 8 heteroatoms. The summed E-state index contributed by atoms with van der Waals surface area (Å²) in [4.78, 5) is 14.8. The molecule has 4 bridgehead atoms. The molecule has 4 atom stereocenters. The molecule has 1 unspecified atom stereocenters. The highest BCUT2D eigenvalue weighted by molar-refractivity contribution is 7.88. The van der Waals surface area contributed by atoms with Crippen molar-refractivity contribution in [3.8, 4) is 5.75 Å². The van der Waals surface area contributed by atoms with Crippen LogP contribution in [0, 0.1) is 0 Å². The third kappa shape index (κ3) is 5.34. The SMILES string of the molecule is CS(=O)(=O)N[C@H]1CCCN2C(=O)CCCOc3cccc(c3)[C@H]3CCC(C3)OC[C@@H]12. The largest absolute Gasteiger partial charge is 0.494 e. The van der Waals surface area contributed by atoms with Crippen molar-refractivity contribution < 1.29 is 22.7 Å². The molecule has 2 fully saturated rings. The van der Waals surface area contributed by atoms with Gasteiger partial charge >= 0.3 is 0 Å². The monoisotopic (exact) mass is 436 g/mol. The van der Waals surface area contributed by atoms with E-state index < -0.39 is 10.0 Å². The number of nitrogens with zero attached hydrogens (tertiary/aromatic N) is 1. The zero-order valence-corrected chi connectivity index (χ0v) is 18.4. The van der Waals surface area contributed by atoms with E-state index >= 15 is 0 Å². The van der Waals surface area contributed by atoms with Gasteiger partial charge in [0, 0.05) is 19.0 Å². The van der Waals surface area contributed by atoms with Crippen LogP contribution >= 0.6 is 0 Å². The van der Waals surface area contributed by atoms with E-state index in [1.54, 1.807) is 0 Å². The topological polar surface area (TPSA) is 84.9 Å². The van der Waals surface area contributed by atoms with Gasteiger partial charge in [-0.25, -0.2) is 13.1 Å². The minimum Gasteiger partial charge on any atom is -0.494 e. The fraction of sp³-hybridized carbons (Fsp3) is 0.682. The number of carbonyl (C=O) groups is 1. The number of hydrogen-bond acceptors (Lipinski definition) is 5. The Bertz CT molecular complexity index is 859. The van der Waals surface area contributed by atoms with Crippen molar-refractivity contribution in [1.29, 1.82) is 0 Å². The molecule has 1 N–H and O–H groups in total. The van der Waals surface area contributed by atoms with Crippen LogP contribution in [0.5, 0.6) is 5.75 Å². The maximum absolute atomic E-state index is 13.0. The first kappa shape index (κ1) is 21.6. The normalized spacial score (nSPS) is 30.7. The van der Waals surface area contributed by atoms with Gasteiger partial charge in [-0.2, -0.15) is 0 Å². The highest BCUT2D eigenvalue weighted by atomic mass is 32.2. The number of ether oxygens (including phenoxy) is 2. The number of fused-ring (bicyclic) bond motifs is 6. The lowest BCUT2D eigenvalue weighted by Crippen LogP contribution is -2.59. The lowest BCUT2D eigenvalue weighted by atomic mass is 9.96. The Morgan fingerprint density at radius 1 is 1.17 bits per heavy atom. The van der Waals surface area contributed by atoms with Crippen molar-refractivity contribution in [1.82, 2.24) is 9.62 Å². The van der Waals surface area contributed by atoms with Crippen LogP contribution in [0.3, 0.4) is 0 Å². The molecule has 2 aliphatic heterocycles. The quantitative estimate of drug-likeness (QED) is 0.770. The summed E-state index contributed by atoms with van der Waals surface area (Å²) >= 11 is 0. The predicted molar refractivity (Wildman–Crippen MR) is 114 cm³/mol. The Labute approximate surface area is 179 Å². The van der Waals surface area contributed by atoms with E-state index in [9.17, 15) is 13.2 Å². The minimum atomic E-state index is -3.36. The molecule has 0 aromatic heterocycles. The second-order valence-electron chi connectivity index (χ2n) is 8.78. The maximum Gasteiger partial charge on any atom is 0.223 e. The van der Waals surface area contributed by atoms with Gasteiger partial charge in [0.1, 0.15) is 5.75 Å². The van der Waals surface area contributed by atoms with E-state index in [4.69, 9.17) is 9.47 Å². The van der Waals surface area contributed by atoms with Crippen LogP contribution < -0.4 is 9.46 Å². The summed E-state index contributed by atoms with van der Waals surface area (Å²) < 4.78 is 38.7. The average molecular weight is 437 g/mol. The average Bonchev–Trinajstić information content (AvgIpc) is 3.17. The van der Waals surface area contributed by atoms with Crippen molar-refractivity contribution in [2.75, 3.05) is 26.0 Å². The molecule has 1 aliphatic carbocycles. The molecule has 2 heterocycles. The Balaban J connectivity index is 1.54. The Morgan fingerprint density at radius 3 is 2.87 bits per heavy atom. The van der Waals surface area contributed by atoms with Crippen LogP contribution in [-0.2, 0) is 19.6 Å². The number of nitrogens with one attached hydrogen (secondary N) is 1. The third-order valence-electron chi connectivity index (χ3n) is 6.49. The van der Waals surface area contributed by atoms with Gasteiger partial charge in [-0.05, 0) is 62.1 Å². The minimum absolute atomic E-state index is 0.0418. The molecule has 3 aliphatic rings. The van der Waals surface area contributed by atoms with Crippen molar-refractivity contribution in [2.24, 2.45) is 0 Å². The van der Waals surface area contributed by atoms with Crippen LogP contribution in [0.2, 0.25) is 0 Å². The van der Waals surface area contributed by atoms with Crippen LogP contribution in [0.1, 0.15) is 56.4 Å². The molecule has 1 aromatic carbocycles.